The van der Waals surface area contributed by atoms with Gasteiger partial charge in [0.1, 0.15) is 0 Å². The molecule has 2 aromatic rings. The van der Waals surface area contributed by atoms with Crippen LogP contribution in [-0.4, -0.2) is 12.5 Å². The minimum atomic E-state index is 0.00243. The van der Waals surface area contributed by atoms with Gasteiger partial charge in [0, 0.05) is 29.4 Å². The summed E-state index contributed by atoms with van der Waals surface area (Å²) in [6.07, 6.45) is 0.402. The Hall–Kier alpha value is -2.00. The van der Waals surface area contributed by atoms with Crippen molar-refractivity contribution in [3.05, 3.63) is 59.1 Å². The van der Waals surface area contributed by atoms with Crippen molar-refractivity contribution in [2.24, 2.45) is 0 Å². The van der Waals surface area contributed by atoms with Crippen LogP contribution in [-0.2, 0) is 4.79 Å². The Balaban J connectivity index is 1.86. The lowest BCUT2D eigenvalue weighted by atomic mass is 10.0. The quantitative estimate of drug-likeness (QED) is 0.795. The van der Waals surface area contributed by atoms with E-state index in [1.165, 1.54) is 0 Å². The predicted octanol–water partition coefficient (Wildman–Crippen LogP) is 4.90. The molecule has 2 N–H and O–H groups in total. The minimum Gasteiger partial charge on any atom is -0.384 e. The maximum atomic E-state index is 12.1. The highest BCUT2D eigenvalue weighted by molar-refractivity contribution is 6.30. The van der Waals surface area contributed by atoms with Gasteiger partial charge >= 0.3 is 0 Å². The summed E-state index contributed by atoms with van der Waals surface area (Å²) in [7, 11) is 0. The summed E-state index contributed by atoms with van der Waals surface area (Å²) in [6.45, 7) is 4.80. The van der Waals surface area contributed by atoms with Gasteiger partial charge in [0.25, 0.3) is 0 Å². The third-order valence-electron chi connectivity index (χ3n) is 3.36. The molecule has 0 spiro atoms. The summed E-state index contributed by atoms with van der Waals surface area (Å²) < 4.78 is 0. The molecule has 116 valence electrons. The maximum absolute atomic E-state index is 12.1. The molecule has 0 aromatic heterocycles. The van der Waals surface area contributed by atoms with E-state index in [-0.39, 0.29) is 5.91 Å². The standard InChI is InChI=1S/C18H21ClN2O/c1-13(2)16-8-3-4-9-17(16)21-18(22)10-11-20-15-7-5-6-14(19)12-15/h3-9,12-13,20H,10-11H2,1-2H3,(H,21,22). The first-order chi connectivity index (χ1) is 10.6. The smallest absolute Gasteiger partial charge is 0.226 e. The molecule has 0 unspecified atom stereocenters. The molecule has 0 radical (unpaired) electrons. The molecule has 0 bridgehead atoms. The molecule has 0 atom stereocenters. The zero-order chi connectivity index (χ0) is 15.9. The first-order valence-corrected chi connectivity index (χ1v) is 7.82. The number of benzene rings is 2. The van der Waals surface area contributed by atoms with E-state index in [9.17, 15) is 4.79 Å². The Labute approximate surface area is 136 Å². The Kier molecular flexibility index (Phi) is 5.84. The van der Waals surface area contributed by atoms with Crippen molar-refractivity contribution in [3.8, 4) is 0 Å². The van der Waals surface area contributed by atoms with Gasteiger partial charge in [-0.05, 0) is 35.7 Å². The lowest BCUT2D eigenvalue weighted by Crippen LogP contribution is -2.17. The number of para-hydroxylation sites is 1. The lowest BCUT2D eigenvalue weighted by molar-refractivity contribution is -0.115. The topological polar surface area (TPSA) is 41.1 Å². The molecule has 0 heterocycles. The van der Waals surface area contributed by atoms with Crippen LogP contribution in [0.2, 0.25) is 5.02 Å². The monoisotopic (exact) mass is 316 g/mol. The van der Waals surface area contributed by atoms with E-state index in [1.807, 2.05) is 48.5 Å². The van der Waals surface area contributed by atoms with Gasteiger partial charge in [0.2, 0.25) is 5.91 Å². The number of halogens is 1. The molecule has 0 aliphatic carbocycles. The van der Waals surface area contributed by atoms with Crippen LogP contribution in [0.5, 0.6) is 0 Å². The number of carbonyl (C=O) groups is 1. The van der Waals surface area contributed by atoms with E-state index in [2.05, 4.69) is 24.5 Å². The van der Waals surface area contributed by atoms with Gasteiger partial charge in [-0.1, -0.05) is 49.7 Å². The molecule has 2 aromatic carbocycles. The van der Waals surface area contributed by atoms with Crippen LogP contribution in [0.25, 0.3) is 0 Å². The number of hydrogen-bond donors (Lipinski definition) is 2. The fraction of sp³-hybridized carbons (Fsp3) is 0.278. The largest absolute Gasteiger partial charge is 0.384 e. The molecule has 22 heavy (non-hydrogen) atoms. The third-order valence-corrected chi connectivity index (χ3v) is 3.60. The van der Waals surface area contributed by atoms with E-state index in [0.29, 0.717) is 23.9 Å². The van der Waals surface area contributed by atoms with E-state index < -0.39 is 0 Å². The van der Waals surface area contributed by atoms with Gasteiger partial charge in [-0.25, -0.2) is 0 Å². The second kappa shape index (κ2) is 7.85. The molecule has 0 saturated carbocycles. The van der Waals surface area contributed by atoms with E-state index in [0.717, 1.165) is 16.9 Å². The van der Waals surface area contributed by atoms with Crippen LogP contribution in [0.3, 0.4) is 0 Å². The van der Waals surface area contributed by atoms with Crippen LogP contribution in [0, 0.1) is 0 Å². The van der Waals surface area contributed by atoms with Gasteiger partial charge in [-0.15, -0.1) is 0 Å². The average molecular weight is 317 g/mol. The Morgan fingerprint density at radius 3 is 2.64 bits per heavy atom. The second-order valence-corrected chi connectivity index (χ2v) is 5.91. The summed E-state index contributed by atoms with van der Waals surface area (Å²) in [6, 6.07) is 15.4. The molecule has 3 nitrogen and oxygen atoms in total. The van der Waals surface area contributed by atoms with E-state index in [1.54, 1.807) is 0 Å². The van der Waals surface area contributed by atoms with Crippen LogP contribution >= 0.6 is 11.6 Å². The highest BCUT2D eigenvalue weighted by Gasteiger charge is 2.08. The average Bonchev–Trinajstić information content (AvgIpc) is 2.47. The molecule has 0 fully saturated rings. The number of hydrogen-bond acceptors (Lipinski definition) is 2. The number of anilines is 2. The summed E-state index contributed by atoms with van der Waals surface area (Å²) in [5.41, 5.74) is 2.96. The van der Waals surface area contributed by atoms with Crippen molar-refractivity contribution < 1.29 is 4.79 Å². The predicted molar refractivity (Wildman–Crippen MR) is 93.7 cm³/mol. The number of amides is 1. The number of rotatable bonds is 6. The maximum Gasteiger partial charge on any atom is 0.226 e. The lowest BCUT2D eigenvalue weighted by Gasteiger charge is -2.14. The van der Waals surface area contributed by atoms with Gasteiger partial charge in [0.05, 0.1) is 0 Å². The Bertz CT molecular complexity index is 640. The number of carbonyl (C=O) groups excluding carboxylic acids is 1. The van der Waals surface area contributed by atoms with Crippen molar-refractivity contribution in [3.63, 3.8) is 0 Å². The zero-order valence-corrected chi connectivity index (χ0v) is 13.7. The Morgan fingerprint density at radius 1 is 1.14 bits per heavy atom. The third kappa shape index (κ3) is 4.78. The van der Waals surface area contributed by atoms with Crippen molar-refractivity contribution in [1.29, 1.82) is 0 Å². The molecule has 0 aliphatic rings. The number of nitrogens with one attached hydrogen (secondary N) is 2. The van der Waals surface area contributed by atoms with Crippen LogP contribution in [0.15, 0.2) is 48.5 Å². The molecule has 4 heteroatoms. The highest BCUT2D eigenvalue weighted by Crippen LogP contribution is 2.23. The minimum absolute atomic E-state index is 0.00243. The SMILES string of the molecule is CC(C)c1ccccc1NC(=O)CCNc1cccc(Cl)c1. The van der Waals surface area contributed by atoms with Gasteiger partial charge < -0.3 is 10.6 Å². The molecular formula is C18H21ClN2O. The zero-order valence-electron chi connectivity index (χ0n) is 12.9. The van der Waals surface area contributed by atoms with E-state index >= 15 is 0 Å². The van der Waals surface area contributed by atoms with Crippen molar-refractivity contribution >= 4 is 28.9 Å². The highest BCUT2D eigenvalue weighted by atomic mass is 35.5. The molecule has 0 aliphatic heterocycles. The summed E-state index contributed by atoms with van der Waals surface area (Å²) in [4.78, 5) is 12.1. The first kappa shape index (κ1) is 16.4. The fourth-order valence-electron chi connectivity index (χ4n) is 2.25. The molecule has 1 amide bonds. The fourth-order valence-corrected chi connectivity index (χ4v) is 2.44. The molecule has 2 rings (SSSR count). The van der Waals surface area contributed by atoms with Crippen LogP contribution in [0.4, 0.5) is 11.4 Å². The first-order valence-electron chi connectivity index (χ1n) is 7.44. The van der Waals surface area contributed by atoms with Crippen molar-refractivity contribution in [1.82, 2.24) is 0 Å². The molecular weight excluding hydrogens is 296 g/mol. The van der Waals surface area contributed by atoms with Crippen molar-refractivity contribution in [2.45, 2.75) is 26.2 Å². The van der Waals surface area contributed by atoms with E-state index in [4.69, 9.17) is 11.6 Å². The Morgan fingerprint density at radius 2 is 1.91 bits per heavy atom. The van der Waals surface area contributed by atoms with Gasteiger partial charge in [-0.2, -0.15) is 0 Å². The summed E-state index contributed by atoms with van der Waals surface area (Å²) in [5.74, 6) is 0.378. The van der Waals surface area contributed by atoms with Crippen LogP contribution in [0.1, 0.15) is 31.7 Å². The second-order valence-electron chi connectivity index (χ2n) is 5.48. The van der Waals surface area contributed by atoms with Gasteiger partial charge in [0.15, 0.2) is 0 Å². The summed E-state index contributed by atoms with van der Waals surface area (Å²) >= 11 is 5.92. The van der Waals surface area contributed by atoms with Crippen LogP contribution < -0.4 is 10.6 Å². The van der Waals surface area contributed by atoms with Gasteiger partial charge in [-0.3, -0.25) is 4.79 Å². The van der Waals surface area contributed by atoms with Crippen molar-refractivity contribution in [2.75, 3.05) is 17.2 Å². The molecule has 0 saturated heterocycles. The normalized spacial score (nSPS) is 10.5. The summed E-state index contributed by atoms with van der Waals surface area (Å²) in [5, 5.41) is 6.86.